The first-order valence-electron chi connectivity index (χ1n) is 10.8. The Balaban J connectivity index is 2.21. The van der Waals surface area contributed by atoms with E-state index >= 15 is 0 Å². The highest BCUT2D eigenvalue weighted by Crippen LogP contribution is 2.26. The molecule has 2 amide bonds. The molecule has 0 aliphatic carbocycles. The maximum atomic E-state index is 13.2. The van der Waals surface area contributed by atoms with Crippen molar-refractivity contribution >= 4 is 23.4 Å². The molecule has 5 nitrogen and oxygen atoms in total. The van der Waals surface area contributed by atoms with E-state index in [0.717, 1.165) is 28.7 Å². The van der Waals surface area contributed by atoms with Gasteiger partial charge in [-0.15, -0.1) is 0 Å². The zero-order chi connectivity index (χ0) is 23.0. The third-order valence-electron chi connectivity index (χ3n) is 5.18. The molecule has 0 saturated heterocycles. The molecular formula is C25H33ClN2O3. The summed E-state index contributed by atoms with van der Waals surface area (Å²) in [5, 5.41) is 3.61. The van der Waals surface area contributed by atoms with E-state index in [1.807, 2.05) is 71.0 Å². The third kappa shape index (κ3) is 7.00. The summed E-state index contributed by atoms with van der Waals surface area (Å²) in [5.74, 6) is 0.221. The van der Waals surface area contributed by atoms with Crippen molar-refractivity contribution in [1.29, 1.82) is 0 Å². The van der Waals surface area contributed by atoms with E-state index in [2.05, 4.69) is 5.32 Å². The molecule has 168 valence electrons. The third-order valence-corrected chi connectivity index (χ3v) is 5.78. The Morgan fingerprint density at radius 1 is 1.06 bits per heavy atom. The molecule has 1 atom stereocenters. The van der Waals surface area contributed by atoms with Gasteiger partial charge >= 0.3 is 0 Å². The maximum absolute atomic E-state index is 13.2. The van der Waals surface area contributed by atoms with Crippen LogP contribution in [0.5, 0.6) is 5.75 Å². The summed E-state index contributed by atoms with van der Waals surface area (Å²) < 4.78 is 5.80. The minimum absolute atomic E-state index is 0.136. The highest BCUT2D eigenvalue weighted by Gasteiger charge is 2.28. The van der Waals surface area contributed by atoms with Crippen molar-refractivity contribution in [3.8, 4) is 5.75 Å². The Hall–Kier alpha value is -2.53. The van der Waals surface area contributed by atoms with Crippen molar-refractivity contribution < 1.29 is 14.3 Å². The molecule has 31 heavy (non-hydrogen) atoms. The minimum atomic E-state index is -0.558. The number of hydrogen-bond acceptors (Lipinski definition) is 3. The smallest absolute Gasteiger partial charge is 0.261 e. The molecule has 1 unspecified atom stereocenters. The molecule has 1 N–H and O–H groups in total. The van der Waals surface area contributed by atoms with Gasteiger partial charge in [-0.3, -0.25) is 9.59 Å². The van der Waals surface area contributed by atoms with Gasteiger partial charge in [0.2, 0.25) is 5.91 Å². The van der Waals surface area contributed by atoms with Crippen LogP contribution in [0.25, 0.3) is 0 Å². The summed E-state index contributed by atoms with van der Waals surface area (Å²) in [6.07, 6.45) is 1.36. The van der Waals surface area contributed by atoms with Crippen LogP contribution in [0, 0.1) is 20.8 Å². The normalized spacial score (nSPS) is 11.7. The fourth-order valence-corrected chi connectivity index (χ4v) is 3.50. The van der Waals surface area contributed by atoms with Gasteiger partial charge in [0.1, 0.15) is 11.8 Å². The molecule has 0 saturated carbocycles. The van der Waals surface area contributed by atoms with Gasteiger partial charge in [0.15, 0.2) is 6.61 Å². The number of amides is 2. The first-order chi connectivity index (χ1) is 14.8. The molecule has 0 heterocycles. The lowest BCUT2D eigenvalue weighted by Crippen LogP contribution is -2.50. The first kappa shape index (κ1) is 24.7. The van der Waals surface area contributed by atoms with Crippen molar-refractivity contribution in [2.24, 2.45) is 0 Å². The SMILES string of the molecule is CCCNC(=O)C(CC)N(Cc1ccc(C)cc1)C(=O)COc1cc(C)c(Cl)c(C)c1. The van der Waals surface area contributed by atoms with Gasteiger partial charge in [0.05, 0.1) is 0 Å². The zero-order valence-corrected chi connectivity index (χ0v) is 19.9. The lowest BCUT2D eigenvalue weighted by Gasteiger charge is -2.30. The van der Waals surface area contributed by atoms with Gasteiger partial charge in [-0.1, -0.05) is 55.3 Å². The number of rotatable bonds is 10. The summed E-state index contributed by atoms with van der Waals surface area (Å²) >= 11 is 6.23. The second-order valence-electron chi connectivity index (χ2n) is 7.88. The van der Waals surface area contributed by atoms with Crippen LogP contribution in [0.4, 0.5) is 0 Å². The quantitative estimate of drug-likeness (QED) is 0.562. The highest BCUT2D eigenvalue weighted by molar-refractivity contribution is 6.32. The number of ether oxygens (including phenoxy) is 1. The molecule has 0 fully saturated rings. The van der Waals surface area contributed by atoms with Crippen LogP contribution in [0.2, 0.25) is 5.02 Å². The predicted molar refractivity (Wildman–Crippen MR) is 126 cm³/mol. The number of nitrogens with zero attached hydrogens (tertiary/aromatic N) is 1. The largest absolute Gasteiger partial charge is 0.484 e. The van der Waals surface area contributed by atoms with E-state index in [4.69, 9.17) is 16.3 Å². The minimum Gasteiger partial charge on any atom is -0.484 e. The van der Waals surface area contributed by atoms with Gasteiger partial charge in [-0.05, 0) is 62.4 Å². The molecule has 0 bridgehead atoms. The second kappa shape index (κ2) is 11.8. The van der Waals surface area contributed by atoms with Gasteiger partial charge in [-0.25, -0.2) is 0 Å². The molecule has 2 aromatic carbocycles. The van der Waals surface area contributed by atoms with Crippen molar-refractivity contribution in [2.75, 3.05) is 13.2 Å². The molecule has 0 aliphatic heterocycles. The predicted octanol–water partition coefficient (Wildman–Crippen LogP) is 4.98. The Kier molecular flexibility index (Phi) is 9.38. The average Bonchev–Trinajstić information content (AvgIpc) is 2.75. The number of carbonyl (C=O) groups excluding carboxylic acids is 2. The lowest BCUT2D eigenvalue weighted by atomic mass is 10.1. The van der Waals surface area contributed by atoms with Crippen LogP contribution in [0.1, 0.15) is 48.9 Å². The van der Waals surface area contributed by atoms with Crippen LogP contribution in [-0.2, 0) is 16.1 Å². The second-order valence-corrected chi connectivity index (χ2v) is 8.26. The number of benzene rings is 2. The highest BCUT2D eigenvalue weighted by atomic mass is 35.5. The molecule has 0 spiro atoms. The molecule has 2 aromatic rings. The summed E-state index contributed by atoms with van der Waals surface area (Å²) in [5.41, 5.74) is 3.90. The Bertz CT molecular complexity index is 873. The van der Waals surface area contributed by atoms with Crippen molar-refractivity contribution in [3.63, 3.8) is 0 Å². The monoisotopic (exact) mass is 444 g/mol. The number of carbonyl (C=O) groups is 2. The average molecular weight is 445 g/mol. The van der Waals surface area contributed by atoms with Crippen molar-refractivity contribution in [1.82, 2.24) is 10.2 Å². The Labute approximate surface area is 190 Å². The van der Waals surface area contributed by atoms with E-state index in [1.54, 1.807) is 4.90 Å². The van der Waals surface area contributed by atoms with E-state index < -0.39 is 6.04 Å². The summed E-state index contributed by atoms with van der Waals surface area (Å²) in [4.78, 5) is 27.6. The molecule has 2 rings (SSSR count). The topological polar surface area (TPSA) is 58.6 Å². The summed E-state index contributed by atoms with van der Waals surface area (Å²) in [6.45, 7) is 10.5. The fraction of sp³-hybridized carbons (Fsp3) is 0.440. The van der Waals surface area contributed by atoms with E-state index in [9.17, 15) is 9.59 Å². The molecule has 6 heteroatoms. The lowest BCUT2D eigenvalue weighted by molar-refractivity contribution is -0.143. The number of aryl methyl sites for hydroxylation is 3. The first-order valence-corrected chi connectivity index (χ1v) is 11.2. The van der Waals surface area contributed by atoms with Crippen molar-refractivity contribution in [2.45, 2.75) is 60.0 Å². The van der Waals surface area contributed by atoms with E-state index in [-0.39, 0.29) is 18.4 Å². The summed E-state index contributed by atoms with van der Waals surface area (Å²) in [6, 6.07) is 11.1. The Morgan fingerprint density at radius 2 is 1.68 bits per heavy atom. The van der Waals surface area contributed by atoms with Crippen LogP contribution in [-0.4, -0.2) is 35.9 Å². The molecule has 0 aromatic heterocycles. The van der Waals surface area contributed by atoms with Gasteiger partial charge < -0.3 is 15.0 Å². The van der Waals surface area contributed by atoms with Crippen molar-refractivity contribution in [3.05, 3.63) is 63.7 Å². The summed E-state index contributed by atoms with van der Waals surface area (Å²) in [7, 11) is 0. The number of halogens is 1. The maximum Gasteiger partial charge on any atom is 0.261 e. The van der Waals surface area contributed by atoms with E-state index in [1.165, 1.54) is 0 Å². The van der Waals surface area contributed by atoms with Gasteiger partial charge in [-0.2, -0.15) is 0 Å². The number of hydrogen-bond donors (Lipinski definition) is 1. The molecule has 0 aliphatic rings. The van der Waals surface area contributed by atoms with Crippen LogP contribution < -0.4 is 10.1 Å². The van der Waals surface area contributed by atoms with Crippen LogP contribution >= 0.6 is 11.6 Å². The zero-order valence-electron chi connectivity index (χ0n) is 19.1. The van der Waals surface area contributed by atoms with Crippen LogP contribution in [0.3, 0.4) is 0 Å². The molecular weight excluding hydrogens is 412 g/mol. The Morgan fingerprint density at radius 3 is 2.23 bits per heavy atom. The standard InChI is InChI=1S/C25H33ClN2O3/c1-6-12-27-25(30)22(7-2)28(15-20-10-8-17(3)9-11-20)23(29)16-31-21-13-18(4)24(26)19(5)14-21/h8-11,13-14,22H,6-7,12,15-16H2,1-5H3,(H,27,30). The van der Waals surface area contributed by atoms with Crippen LogP contribution in [0.15, 0.2) is 36.4 Å². The van der Waals surface area contributed by atoms with Gasteiger partial charge in [0, 0.05) is 18.1 Å². The van der Waals surface area contributed by atoms with Gasteiger partial charge in [0.25, 0.3) is 5.91 Å². The fourth-order valence-electron chi connectivity index (χ4n) is 3.39. The number of nitrogens with one attached hydrogen (secondary N) is 1. The van der Waals surface area contributed by atoms with E-state index in [0.29, 0.717) is 30.3 Å². The molecule has 0 radical (unpaired) electrons.